The van der Waals surface area contributed by atoms with E-state index in [2.05, 4.69) is 5.32 Å². The molecule has 3 N–H and O–H groups in total. The van der Waals surface area contributed by atoms with Gasteiger partial charge in [0.15, 0.2) is 0 Å². The molecule has 0 bridgehead atoms. The molecule has 0 aromatic carbocycles. The van der Waals surface area contributed by atoms with Crippen molar-refractivity contribution in [2.24, 2.45) is 11.7 Å². The summed E-state index contributed by atoms with van der Waals surface area (Å²) >= 11 is 0. The maximum absolute atomic E-state index is 11.7. The summed E-state index contributed by atoms with van der Waals surface area (Å²) in [6.45, 7) is 1.36. The largest absolute Gasteiger partial charge is 0.378 e. The predicted octanol–water partition coefficient (Wildman–Crippen LogP) is 0.409. The average Bonchev–Trinajstić information content (AvgIpc) is 2.95. The first kappa shape index (κ1) is 10.9. The van der Waals surface area contributed by atoms with Crippen LogP contribution in [-0.4, -0.2) is 31.2 Å². The summed E-state index contributed by atoms with van der Waals surface area (Å²) in [5.74, 6) is 0.729. The highest BCUT2D eigenvalue weighted by Crippen LogP contribution is 2.32. The molecule has 2 aliphatic rings. The zero-order valence-corrected chi connectivity index (χ0v) is 9.08. The van der Waals surface area contributed by atoms with Crippen molar-refractivity contribution in [3.63, 3.8) is 0 Å². The van der Waals surface area contributed by atoms with Crippen LogP contribution in [0.5, 0.6) is 0 Å². The van der Waals surface area contributed by atoms with Gasteiger partial charge in [0, 0.05) is 19.2 Å². The first-order valence-electron chi connectivity index (χ1n) is 5.90. The number of nitrogens with two attached hydrogens (primary N) is 1. The second kappa shape index (κ2) is 4.94. The molecule has 0 aromatic heterocycles. The van der Waals surface area contributed by atoms with E-state index in [1.807, 2.05) is 0 Å². The van der Waals surface area contributed by atoms with Crippen LogP contribution >= 0.6 is 0 Å². The summed E-state index contributed by atoms with van der Waals surface area (Å²) in [6.07, 6.45) is 5.17. The maximum Gasteiger partial charge on any atom is 0.222 e. The predicted molar refractivity (Wildman–Crippen MR) is 57.3 cm³/mol. The third-order valence-corrected chi connectivity index (χ3v) is 3.23. The molecular formula is C11H20N2O2. The van der Waals surface area contributed by atoms with Crippen molar-refractivity contribution in [1.82, 2.24) is 5.32 Å². The number of nitrogens with one attached hydrogen (secondary N) is 1. The van der Waals surface area contributed by atoms with Crippen molar-refractivity contribution in [1.29, 1.82) is 0 Å². The summed E-state index contributed by atoms with van der Waals surface area (Å²) in [5, 5.41) is 3.01. The smallest absolute Gasteiger partial charge is 0.222 e. The van der Waals surface area contributed by atoms with Gasteiger partial charge in [0.2, 0.25) is 5.91 Å². The van der Waals surface area contributed by atoms with Crippen LogP contribution in [0.25, 0.3) is 0 Å². The molecule has 4 nitrogen and oxygen atoms in total. The molecule has 2 fully saturated rings. The molecule has 86 valence electrons. The Hall–Kier alpha value is -0.610. The zero-order valence-electron chi connectivity index (χ0n) is 9.08. The van der Waals surface area contributed by atoms with Gasteiger partial charge in [0.1, 0.15) is 0 Å². The van der Waals surface area contributed by atoms with E-state index in [1.54, 1.807) is 0 Å². The van der Waals surface area contributed by atoms with Gasteiger partial charge in [-0.05, 0) is 31.6 Å². The molecule has 0 aromatic rings. The van der Waals surface area contributed by atoms with Crippen LogP contribution in [0.3, 0.4) is 0 Å². The van der Waals surface area contributed by atoms with Crippen molar-refractivity contribution in [3.8, 4) is 0 Å². The number of hydrogen-bond acceptors (Lipinski definition) is 3. The lowest BCUT2D eigenvalue weighted by molar-refractivity contribution is -0.124. The fourth-order valence-electron chi connectivity index (χ4n) is 2.15. The Labute approximate surface area is 90.5 Å². The van der Waals surface area contributed by atoms with Gasteiger partial charge in [-0.3, -0.25) is 4.79 Å². The van der Waals surface area contributed by atoms with Gasteiger partial charge < -0.3 is 15.8 Å². The van der Waals surface area contributed by atoms with E-state index in [0.29, 0.717) is 18.9 Å². The van der Waals surface area contributed by atoms with Crippen molar-refractivity contribution in [2.75, 3.05) is 13.2 Å². The number of rotatable bonds is 5. The lowest BCUT2D eigenvalue weighted by Crippen LogP contribution is -2.42. The number of ether oxygens (including phenoxy) is 1. The minimum Gasteiger partial charge on any atom is -0.378 e. The Morgan fingerprint density at radius 3 is 2.80 bits per heavy atom. The topological polar surface area (TPSA) is 64.3 Å². The van der Waals surface area contributed by atoms with E-state index >= 15 is 0 Å². The second-order valence-corrected chi connectivity index (χ2v) is 4.59. The van der Waals surface area contributed by atoms with Gasteiger partial charge in [0.25, 0.3) is 0 Å². The third-order valence-electron chi connectivity index (χ3n) is 3.23. The summed E-state index contributed by atoms with van der Waals surface area (Å²) < 4.78 is 5.42. The fraction of sp³-hybridized carbons (Fsp3) is 0.909. The Morgan fingerprint density at radius 2 is 2.27 bits per heavy atom. The molecule has 0 spiro atoms. The number of amides is 1. The van der Waals surface area contributed by atoms with Crippen LogP contribution in [0.15, 0.2) is 0 Å². The molecule has 4 heteroatoms. The van der Waals surface area contributed by atoms with Gasteiger partial charge in [-0.1, -0.05) is 0 Å². The van der Waals surface area contributed by atoms with Gasteiger partial charge in [-0.15, -0.1) is 0 Å². The molecule has 0 radical (unpaired) electrons. The van der Waals surface area contributed by atoms with Crippen molar-refractivity contribution < 1.29 is 9.53 Å². The first-order chi connectivity index (χ1) is 7.29. The molecule has 1 amide bonds. The van der Waals surface area contributed by atoms with E-state index < -0.39 is 0 Å². The van der Waals surface area contributed by atoms with Gasteiger partial charge in [-0.25, -0.2) is 0 Å². The molecule has 15 heavy (non-hydrogen) atoms. The number of carbonyl (C=O) groups is 1. The Kier molecular flexibility index (Phi) is 3.59. The number of hydrogen-bond donors (Lipinski definition) is 2. The quantitative estimate of drug-likeness (QED) is 0.693. The molecule has 1 heterocycles. The van der Waals surface area contributed by atoms with E-state index in [4.69, 9.17) is 10.5 Å². The highest BCUT2D eigenvalue weighted by atomic mass is 16.5. The highest BCUT2D eigenvalue weighted by molar-refractivity contribution is 5.76. The molecular weight excluding hydrogens is 192 g/mol. The van der Waals surface area contributed by atoms with Crippen LogP contribution in [0.2, 0.25) is 0 Å². The van der Waals surface area contributed by atoms with Crippen LogP contribution < -0.4 is 11.1 Å². The van der Waals surface area contributed by atoms with Gasteiger partial charge in [0.05, 0.1) is 12.5 Å². The third kappa shape index (κ3) is 3.18. The van der Waals surface area contributed by atoms with E-state index in [0.717, 1.165) is 19.4 Å². The lowest BCUT2D eigenvalue weighted by Gasteiger charge is -2.17. The monoisotopic (exact) mass is 212 g/mol. The van der Waals surface area contributed by atoms with Crippen LogP contribution in [0.4, 0.5) is 0 Å². The Morgan fingerprint density at radius 1 is 1.47 bits per heavy atom. The van der Waals surface area contributed by atoms with Crippen molar-refractivity contribution in [2.45, 2.75) is 44.2 Å². The van der Waals surface area contributed by atoms with Gasteiger partial charge >= 0.3 is 0 Å². The second-order valence-electron chi connectivity index (χ2n) is 4.59. The molecule has 2 atom stereocenters. The minimum atomic E-state index is 0.101. The molecule has 1 saturated heterocycles. The summed E-state index contributed by atoms with van der Waals surface area (Å²) in [7, 11) is 0. The molecule has 1 saturated carbocycles. The SMILES string of the molecule is NCC(NC(=O)CC1CCCO1)C1CC1. The molecule has 2 unspecified atom stereocenters. The number of carbonyl (C=O) groups excluding carboxylic acids is 1. The van der Waals surface area contributed by atoms with E-state index in [-0.39, 0.29) is 18.1 Å². The highest BCUT2D eigenvalue weighted by Gasteiger charge is 2.31. The summed E-state index contributed by atoms with van der Waals surface area (Å²) in [6, 6.07) is 0.193. The van der Waals surface area contributed by atoms with E-state index in [1.165, 1.54) is 12.8 Å². The first-order valence-corrected chi connectivity index (χ1v) is 5.90. The van der Waals surface area contributed by atoms with Crippen LogP contribution in [0.1, 0.15) is 32.1 Å². The lowest BCUT2D eigenvalue weighted by atomic mass is 10.1. The minimum absolute atomic E-state index is 0.101. The standard InChI is InChI=1S/C11H20N2O2/c12-7-10(8-3-4-8)13-11(14)6-9-2-1-5-15-9/h8-10H,1-7,12H2,(H,13,14). The summed E-state index contributed by atoms with van der Waals surface area (Å²) in [5.41, 5.74) is 5.62. The average molecular weight is 212 g/mol. The molecule has 1 aliphatic heterocycles. The van der Waals surface area contributed by atoms with Gasteiger partial charge in [-0.2, -0.15) is 0 Å². The Balaban J connectivity index is 1.70. The van der Waals surface area contributed by atoms with Crippen LogP contribution in [0, 0.1) is 5.92 Å². The Bertz CT molecular complexity index is 223. The molecule has 1 aliphatic carbocycles. The zero-order chi connectivity index (χ0) is 10.7. The van der Waals surface area contributed by atoms with E-state index in [9.17, 15) is 4.79 Å². The van der Waals surface area contributed by atoms with Crippen LogP contribution in [-0.2, 0) is 9.53 Å². The molecule has 2 rings (SSSR count). The normalized spacial score (nSPS) is 27.7. The maximum atomic E-state index is 11.7. The van der Waals surface area contributed by atoms with Crippen molar-refractivity contribution in [3.05, 3.63) is 0 Å². The van der Waals surface area contributed by atoms with Crippen molar-refractivity contribution >= 4 is 5.91 Å². The summed E-state index contributed by atoms with van der Waals surface area (Å²) in [4.78, 5) is 11.7. The fourth-order valence-corrected chi connectivity index (χ4v) is 2.15.